The van der Waals surface area contributed by atoms with Gasteiger partial charge in [-0.25, -0.2) is 0 Å². The van der Waals surface area contributed by atoms with E-state index in [1.54, 1.807) is 12.3 Å². The Bertz CT molecular complexity index is 436. The van der Waals surface area contributed by atoms with Crippen LogP contribution in [0, 0.1) is 3.70 Å². The van der Waals surface area contributed by atoms with Gasteiger partial charge in [0.05, 0.1) is 19.8 Å². The maximum atomic E-state index is 6.01. The summed E-state index contributed by atoms with van der Waals surface area (Å²) >= 11 is 8.27. The molecule has 62 valence electrons. The van der Waals surface area contributed by atoms with Crippen molar-refractivity contribution in [2.45, 2.75) is 0 Å². The highest BCUT2D eigenvalue weighted by atomic mass is 127. The molecule has 2 aromatic heterocycles. The molecular formula is C8H6ClIN2. The molecule has 4 heteroatoms. The van der Waals surface area contributed by atoms with Crippen molar-refractivity contribution in [3.8, 4) is 0 Å². The van der Waals surface area contributed by atoms with Gasteiger partial charge in [-0.1, -0.05) is 11.6 Å². The standard InChI is InChI=1S/C8H6ClIN2/c1-12-7(10)4-6-8(12)5(9)2-3-11-6/h2-4H,1H3. The lowest BCUT2D eigenvalue weighted by atomic mass is 10.4. The molecule has 0 aromatic carbocycles. The van der Waals surface area contributed by atoms with E-state index in [4.69, 9.17) is 11.6 Å². The van der Waals surface area contributed by atoms with Crippen LogP contribution in [-0.2, 0) is 7.05 Å². The van der Waals surface area contributed by atoms with E-state index in [1.807, 2.05) is 17.7 Å². The van der Waals surface area contributed by atoms with Crippen molar-refractivity contribution in [3.05, 3.63) is 27.1 Å². The normalized spacial score (nSPS) is 10.9. The lowest BCUT2D eigenvalue weighted by Gasteiger charge is -1.98. The fourth-order valence-electron chi connectivity index (χ4n) is 1.20. The maximum Gasteiger partial charge on any atom is 0.0907 e. The molecule has 12 heavy (non-hydrogen) atoms. The molecule has 0 N–H and O–H groups in total. The largest absolute Gasteiger partial charge is 0.337 e. The minimum Gasteiger partial charge on any atom is -0.337 e. The third kappa shape index (κ3) is 1.11. The van der Waals surface area contributed by atoms with Crippen LogP contribution in [0.3, 0.4) is 0 Å². The van der Waals surface area contributed by atoms with E-state index in [9.17, 15) is 0 Å². The number of halogens is 2. The van der Waals surface area contributed by atoms with E-state index in [0.29, 0.717) is 0 Å². The number of fused-ring (bicyclic) bond motifs is 1. The molecule has 2 aromatic rings. The zero-order valence-electron chi connectivity index (χ0n) is 6.38. The highest BCUT2D eigenvalue weighted by Crippen LogP contribution is 2.24. The van der Waals surface area contributed by atoms with Gasteiger partial charge < -0.3 is 4.57 Å². The van der Waals surface area contributed by atoms with E-state index >= 15 is 0 Å². The van der Waals surface area contributed by atoms with Gasteiger partial charge >= 0.3 is 0 Å². The van der Waals surface area contributed by atoms with Crippen LogP contribution in [0.5, 0.6) is 0 Å². The van der Waals surface area contributed by atoms with Gasteiger partial charge in [0.1, 0.15) is 0 Å². The first-order chi connectivity index (χ1) is 5.70. The second kappa shape index (κ2) is 2.88. The van der Waals surface area contributed by atoms with Crippen LogP contribution in [0.1, 0.15) is 0 Å². The molecule has 0 aliphatic rings. The molecule has 0 unspecified atom stereocenters. The number of aryl methyl sites for hydroxylation is 1. The first kappa shape index (κ1) is 8.31. The highest BCUT2D eigenvalue weighted by Gasteiger charge is 2.06. The number of rotatable bonds is 0. The molecule has 0 spiro atoms. The van der Waals surface area contributed by atoms with Crippen LogP contribution in [0.15, 0.2) is 18.3 Å². The fraction of sp³-hybridized carbons (Fsp3) is 0.125. The maximum absolute atomic E-state index is 6.01. The van der Waals surface area contributed by atoms with Crippen molar-refractivity contribution >= 4 is 45.2 Å². The average molecular weight is 293 g/mol. The Morgan fingerprint density at radius 1 is 1.58 bits per heavy atom. The molecule has 2 rings (SSSR count). The minimum atomic E-state index is 0.755. The van der Waals surface area contributed by atoms with Gasteiger partial charge in [-0.3, -0.25) is 4.98 Å². The molecule has 2 heterocycles. The van der Waals surface area contributed by atoms with Gasteiger partial charge in [-0.05, 0) is 34.7 Å². The number of hydrogen-bond donors (Lipinski definition) is 0. The van der Waals surface area contributed by atoms with Crippen molar-refractivity contribution in [1.82, 2.24) is 9.55 Å². The van der Waals surface area contributed by atoms with Crippen molar-refractivity contribution in [3.63, 3.8) is 0 Å². The summed E-state index contributed by atoms with van der Waals surface area (Å²) in [6, 6.07) is 3.82. The first-order valence-electron chi connectivity index (χ1n) is 3.45. The van der Waals surface area contributed by atoms with Crippen LogP contribution >= 0.6 is 34.2 Å². The fourth-order valence-corrected chi connectivity index (χ4v) is 2.02. The summed E-state index contributed by atoms with van der Waals surface area (Å²) in [5.41, 5.74) is 1.96. The smallest absolute Gasteiger partial charge is 0.0907 e. The summed E-state index contributed by atoms with van der Waals surface area (Å²) in [7, 11) is 1.98. The Morgan fingerprint density at radius 2 is 2.33 bits per heavy atom. The van der Waals surface area contributed by atoms with Crippen molar-refractivity contribution < 1.29 is 0 Å². The van der Waals surface area contributed by atoms with E-state index in [1.165, 1.54) is 0 Å². The topological polar surface area (TPSA) is 17.8 Å². The van der Waals surface area contributed by atoms with E-state index in [0.717, 1.165) is 19.8 Å². The Hall–Kier alpha value is -0.290. The summed E-state index contributed by atoms with van der Waals surface area (Å²) in [5.74, 6) is 0. The molecule has 0 aliphatic heterocycles. The third-order valence-electron chi connectivity index (χ3n) is 1.81. The summed E-state index contributed by atoms with van der Waals surface area (Å²) < 4.78 is 3.17. The third-order valence-corrected chi connectivity index (χ3v) is 3.16. The van der Waals surface area contributed by atoms with E-state index in [-0.39, 0.29) is 0 Å². The Balaban J connectivity index is 2.97. The van der Waals surface area contributed by atoms with Crippen molar-refractivity contribution in [1.29, 1.82) is 0 Å². The van der Waals surface area contributed by atoms with Gasteiger partial charge in [0.15, 0.2) is 0 Å². The number of nitrogens with zero attached hydrogens (tertiary/aromatic N) is 2. The summed E-state index contributed by atoms with van der Waals surface area (Å²) in [4.78, 5) is 4.21. The molecule has 0 atom stereocenters. The minimum absolute atomic E-state index is 0.755. The molecule has 0 amide bonds. The van der Waals surface area contributed by atoms with Crippen molar-refractivity contribution in [2.24, 2.45) is 7.05 Å². The van der Waals surface area contributed by atoms with Crippen LogP contribution < -0.4 is 0 Å². The van der Waals surface area contributed by atoms with Gasteiger partial charge in [0, 0.05) is 13.2 Å². The summed E-state index contributed by atoms with van der Waals surface area (Å²) in [6.45, 7) is 0. The highest BCUT2D eigenvalue weighted by molar-refractivity contribution is 14.1. The lowest BCUT2D eigenvalue weighted by molar-refractivity contribution is 0.937. The zero-order valence-corrected chi connectivity index (χ0v) is 9.30. The predicted molar refractivity (Wildman–Crippen MR) is 58.4 cm³/mol. The Morgan fingerprint density at radius 3 is 3.00 bits per heavy atom. The van der Waals surface area contributed by atoms with Crippen LogP contribution in [-0.4, -0.2) is 9.55 Å². The number of pyridine rings is 1. The lowest BCUT2D eigenvalue weighted by Crippen LogP contribution is -1.89. The van der Waals surface area contributed by atoms with Gasteiger partial charge in [0.2, 0.25) is 0 Å². The van der Waals surface area contributed by atoms with Crippen LogP contribution in [0.25, 0.3) is 11.0 Å². The van der Waals surface area contributed by atoms with E-state index < -0.39 is 0 Å². The number of hydrogen-bond acceptors (Lipinski definition) is 1. The molecule has 0 saturated carbocycles. The van der Waals surface area contributed by atoms with Gasteiger partial charge in [0.25, 0.3) is 0 Å². The molecular weight excluding hydrogens is 286 g/mol. The van der Waals surface area contributed by atoms with E-state index in [2.05, 4.69) is 27.6 Å². The van der Waals surface area contributed by atoms with Gasteiger partial charge in [-0.2, -0.15) is 0 Å². The predicted octanol–water partition coefficient (Wildman–Crippen LogP) is 2.83. The molecule has 0 aliphatic carbocycles. The first-order valence-corrected chi connectivity index (χ1v) is 4.91. The SMILES string of the molecule is Cn1c(I)cc2nccc(Cl)c21. The summed E-state index contributed by atoms with van der Waals surface area (Å²) in [6.07, 6.45) is 1.72. The second-order valence-electron chi connectivity index (χ2n) is 2.55. The number of aromatic nitrogens is 2. The molecule has 0 radical (unpaired) electrons. The quantitative estimate of drug-likeness (QED) is 0.683. The Labute approximate surface area is 88.7 Å². The molecule has 0 bridgehead atoms. The molecule has 2 nitrogen and oxygen atoms in total. The average Bonchev–Trinajstić information content (AvgIpc) is 2.29. The second-order valence-corrected chi connectivity index (χ2v) is 4.07. The zero-order chi connectivity index (χ0) is 8.72. The monoisotopic (exact) mass is 292 g/mol. The summed E-state index contributed by atoms with van der Waals surface area (Å²) in [5, 5.41) is 0.755. The Kier molecular flexibility index (Phi) is 2.00. The van der Waals surface area contributed by atoms with Crippen molar-refractivity contribution in [2.75, 3.05) is 0 Å². The van der Waals surface area contributed by atoms with Gasteiger partial charge in [-0.15, -0.1) is 0 Å². The van der Waals surface area contributed by atoms with Crippen LogP contribution in [0.2, 0.25) is 5.02 Å². The van der Waals surface area contributed by atoms with Crippen LogP contribution in [0.4, 0.5) is 0 Å². The molecule has 0 saturated heterocycles. The molecule has 0 fully saturated rings.